The molecule has 2 aromatic carbocycles. The number of nitrogens with one attached hydrogen (secondary N) is 1. The number of nitrogens with zero attached hydrogens (tertiary/aromatic N) is 2. The molecule has 0 unspecified atom stereocenters. The molecule has 1 aromatic heterocycles. The third kappa shape index (κ3) is 3.14. The van der Waals surface area contributed by atoms with Crippen LogP contribution in [0, 0.1) is 6.92 Å². The van der Waals surface area contributed by atoms with Gasteiger partial charge in [-0.05, 0) is 61.1 Å². The average Bonchev–Trinajstić information content (AvgIpc) is 3.15. The van der Waals surface area contributed by atoms with Crippen LogP contribution in [-0.4, -0.2) is 21.5 Å². The Kier molecular flexibility index (Phi) is 4.63. The van der Waals surface area contributed by atoms with E-state index in [4.69, 9.17) is 12.2 Å². The fourth-order valence-corrected chi connectivity index (χ4v) is 3.45. The molecular formula is C22H17N3O2S. The molecule has 1 saturated heterocycles. The summed E-state index contributed by atoms with van der Waals surface area (Å²) in [6.07, 6.45) is 3.48. The first-order valence-electron chi connectivity index (χ1n) is 8.76. The zero-order chi connectivity index (χ0) is 19.7. The number of amides is 2. The van der Waals surface area contributed by atoms with E-state index in [-0.39, 0.29) is 10.7 Å². The van der Waals surface area contributed by atoms with Gasteiger partial charge in [-0.15, -0.1) is 0 Å². The number of aryl methyl sites for hydroxylation is 1. The molecule has 1 aliphatic heterocycles. The van der Waals surface area contributed by atoms with Gasteiger partial charge >= 0.3 is 0 Å². The van der Waals surface area contributed by atoms with Gasteiger partial charge in [0.05, 0.1) is 5.69 Å². The minimum atomic E-state index is -0.499. The maximum absolute atomic E-state index is 13.2. The summed E-state index contributed by atoms with van der Waals surface area (Å²) in [5, 5.41) is 2.71. The van der Waals surface area contributed by atoms with E-state index in [2.05, 4.69) is 5.32 Å². The molecule has 3 aromatic rings. The first kappa shape index (κ1) is 17.9. The Bertz CT molecular complexity index is 1120. The summed E-state index contributed by atoms with van der Waals surface area (Å²) in [5.74, 6) is -0.940. The van der Waals surface area contributed by atoms with Crippen LogP contribution >= 0.6 is 12.2 Å². The van der Waals surface area contributed by atoms with Crippen LogP contribution in [0.3, 0.4) is 0 Å². The standard InChI is InChI=1S/C22H17N3O2S/c1-15-8-5-6-12-19(15)25-21(27)18(20(26)23-22(25)28)14-17-11-7-13-24(17)16-9-3-2-4-10-16/h2-14H,1H3,(H,23,26,28). The summed E-state index contributed by atoms with van der Waals surface area (Å²) in [6, 6.07) is 20.9. The van der Waals surface area contributed by atoms with Crippen molar-refractivity contribution in [2.24, 2.45) is 0 Å². The van der Waals surface area contributed by atoms with Crippen molar-refractivity contribution in [2.45, 2.75) is 6.92 Å². The normalized spacial score (nSPS) is 15.8. The van der Waals surface area contributed by atoms with Gasteiger partial charge < -0.3 is 4.57 Å². The van der Waals surface area contributed by atoms with Crippen molar-refractivity contribution in [2.75, 3.05) is 4.90 Å². The van der Waals surface area contributed by atoms with Gasteiger partial charge in [-0.25, -0.2) is 0 Å². The molecule has 28 heavy (non-hydrogen) atoms. The van der Waals surface area contributed by atoms with Crippen LogP contribution in [0.1, 0.15) is 11.3 Å². The molecule has 1 fully saturated rings. The van der Waals surface area contributed by atoms with Gasteiger partial charge in [0.15, 0.2) is 5.11 Å². The van der Waals surface area contributed by atoms with Crippen LogP contribution in [0.15, 0.2) is 78.5 Å². The average molecular weight is 387 g/mol. The summed E-state index contributed by atoms with van der Waals surface area (Å²) in [5.41, 5.74) is 3.24. The van der Waals surface area contributed by atoms with Crippen molar-refractivity contribution in [3.05, 3.63) is 89.8 Å². The lowest BCUT2D eigenvalue weighted by Crippen LogP contribution is -2.54. The zero-order valence-electron chi connectivity index (χ0n) is 15.1. The van der Waals surface area contributed by atoms with Crippen molar-refractivity contribution in [1.82, 2.24) is 9.88 Å². The van der Waals surface area contributed by atoms with Crippen molar-refractivity contribution in [3.8, 4) is 5.69 Å². The number of anilines is 1. The number of hydrogen-bond acceptors (Lipinski definition) is 3. The first-order valence-corrected chi connectivity index (χ1v) is 9.17. The maximum Gasteiger partial charge on any atom is 0.270 e. The van der Waals surface area contributed by atoms with Gasteiger partial charge in [-0.3, -0.25) is 19.8 Å². The van der Waals surface area contributed by atoms with Gasteiger partial charge in [-0.1, -0.05) is 36.4 Å². The van der Waals surface area contributed by atoms with E-state index in [1.54, 1.807) is 12.1 Å². The summed E-state index contributed by atoms with van der Waals surface area (Å²) in [7, 11) is 0. The van der Waals surface area contributed by atoms with Crippen molar-refractivity contribution in [3.63, 3.8) is 0 Å². The van der Waals surface area contributed by atoms with Gasteiger partial charge in [0, 0.05) is 17.6 Å². The molecule has 1 aliphatic rings. The minimum absolute atomic E-state index is 0.0349. The molecule has 4 rings (SSSR count). The van der Waals surface area contributed by atoms with E-state index < -0.39 is 11.8 Å². The van der Waals surface area contributed by atoms with E-state index in [9.17, 15) is 9.59 Å². The van der Waals surface area contributed by atoms with Crippen molar-refractivity contribution >= 4 is 40.9 Å². The molecule has 1 N–H and O–H groups in total. The second kappa shape index (κ2) is 7.25. The monoisotopic (exact) mass is 387 g/mol. The molecule has 0 atom stereocenters. The van der Waals surface area contributed by atoms with Crippen molar-refractivity contribution < 1.29 is 9.59 Å². The smallest absolute Gasteiger partial charge is 0.270 e. The van der Waals surface area contributed by atoms with Crippen LogP contribution in [0.5, 0.6) is 0 Å². The van der Waals surface area contributed by atoms with E-state index in [1.165, 1.54) is 4.90 Å². The molecule has 5 nitrogen and oxygen atoms in total. The number of para-hydroxylation sites is 2. The van der Waals surface area contributed by atoms with E-state index in [0.717, 1.165) is 16.9 Å². The van der Waals surface area contributed by atoms with E-state index in [1.807, 2.05) is 78.4 Å². The van der Waals surface area contributed by atoms with E-state index in [0.29, 0.717) is 5.69 Å². The molecule has 6 heteroatoms. The Morgan fingerprint density at radius 3 is 2.39 bits per heavy atom. The largest absolute Gasteiger partial charge is 0.317 e. The van der Waals surface area contributed by atoms with Crippen LogP contribution in [0.25, 0.3) is 11.8 Å². The number of thiocarbonyl (C=S) groups is 1. The van der Waals surface area contributed by atoms with Crippen LogP contribution in [0.2, 0.25) is 0 Å². The number of carbonyl (C=O) groups excluding carboxylic acids is 2. The number of carbonyl (C=O) groups is 2. The number of benzene rings is 2. The van der Waals surface area contributed by atoms with Crippen LogP contribution < -0.4 is 10.2 Å². The lowest BCUT2D eigenvalue weighted by Gasteiger charge is -2.30. The third-order valence-electron chi connectivity index (χ3n) is 4.56. The fraction of sp³-hybridized carbons (Fsp3) is 0.0455. The highest BCUT2D eigenvalue weighted by molar-refractivity contribution is 7.80. The Morgan fingerprint density at radius 1 is 0.929 bits per heavy atom. The molecule has 0 saturated carbocycles. The minimum Gasteiger partial charge on any atom is -0.317 e. The zero-order valence-corrected chi connectivity index (χ0v) is 15.9. The van der Waals surface area contributed by atoms with Gasteiger partial charge in [0.2, 0.25) is 0 Å². The third-order valence-corrected chi connectivity index (χ3v) is 4.85. The molecule has 138 valence electrons. The predicted molar refractivity (Wildman–Crippen MR) is 113 cm³/mol. The molecular weight excluding hydrogens is 370 g/mol. The molecule has 0 spiro atoms. The Morgan fingerprint density at radius 2 is 1.64 bits per heavy atom. The van der Waals surface area contributed by atoms with Crippen molar-refractivity contribution in [1.29, 1.82) is 0 Å². The summed E-state index contributed by atoms with van der Waals surface area (Å²) >= 11 is 5.27. The van der Waals surface area contributed by atoms with Gasteiger partial charge in [-0.2, -0.15) is 0 Å². The topological polar surface area (TPSA) is 54.3 Å². The van der Waals surface area contributed by atoms with Gasteiger partial charge in [0.1, 0.15) is 5.57 Å². The SMILES string of the molecule is Cc1ccccc1N1C(=O)C(=Cc2cccn2-c2ccccc2)C(=O)NC1=S. The number of hydrogen-bond donors (Lipinski definition) is 1. The van der Waals surface area contributed by atoms with Gasteiger partial charge in [0.25, 0.3) is 11.8 Å². The highest BCUT2D eigenvalue weighted by atomic mass is 32.1. The Labute approximate surface area is 167 Å². The highest BCUT2D eigenvalue weighted by Gasteiger charge is 2.35. The second-order valence-corrected chi connectivity index (χ2v) is 6.77. The molecule has 0 aliphatic carbocycles. The first-order chi connectivity index (χ1) is 13.6. The quantitative estimate of drug-likeness (QED) is 0.424. The van der Waals surface area contributed by atoms with Crippen LogP contribution in [0.4, 0.5) is 5.69 Å². The number of aromatic nitrogens is 1. The number of rotatable bonds is 3. The lowest BCUT2D eigenvalue weighted by atomic mass is 10.1. The summed E-state index contributed by atoms with van der Waals surface area (Å²) in [6.45, 7) is 1.89. The highest BCUT2D eigenvalue weighted by Crippen LogP contribution is 2.25. The Balaban J connectivity index is 1.77. The maximum atomic E-state index is 13.2. The molecule has 2 amide bonds. The van der Waals surface area contributed by atoms with E-state index >= 15 is 0 Å². The lowest BCUT2D eigenvalue weighted by molar-refractivity contribution is -0.122. The molecule has 0 bridgehead atoms. The van der Waals surface area contributed by atoms with Crippen LogP contribution in [-0.2, 0) is 9.59 Å². The predicted octanol–water partition coefficient (Wildman–Crippen LogP) is 3.62. The summed E-state index contributed by atoms with van der Waals surface area (Å²) < 4.78 is 1.92. The molecule has 0 radical (unpaired) electrons. The fourth-order valence-electron chi connectivity index (χ4n) is 3.17. The second-order valence-electron chi connectivity index (χ2n) is 6.38. The molecule has 2 heterocycles. The summed E-state index contributed by atoms with van der Waals surface area (Å²) in [4.78, 5) is 27.1. The Hall–Kier alpha value is -3.51.